The van der Waals surface area contributed by atoms with Crippen molar-refractivity contribution in [1.29, 1.82) is 0 Å². The van der Waals surface area contributed by atoms with Gasteiger partial charge in [-0.1, -0.05) is 57.0 Å². The van der Waals surface area contributed by atoms with Gasteiger partial charge in [-0.2, -0.15) is 0 Å². The molecule has 1 saturated heterocycles. The molecule has 35 heavy (non-hydrogen) atoms. The number of aliphatic carboxylic acids is 1. The molecule has 1 aliphatic rings. The molecule has 0 radical (unpaired) electrons. The number of ether oxygens (including phenoxy) is 1. The summed E-state index contributed by atoms with van der Waals surface area (Å²) in [5.41, 5.74) is 0.815. The maximum atomic E-state index is 13.0. The smallest absolute Gasteiger partial charge is 0.329 e. The minimum absolute atomic E-state index is 0.196. The number of cyclic esters (lactones) is 1. The summed E-state index contributed by atoms with van der Waals surface area (Å²) in [6.07, 6.45) is 0.908. The Hall–Kier alpha value is -3.43. The van der Waals surface area contributed by atoms with E-state index in [0.717, 1.165) is 18.4 Å². The van der Waals surface area contributed by atoms with Gasteiger partial charge in [-0.3, -0.25) is 19.2 Å². The van der Waals surface area contributed by atoms with Crippen LogP contribution in [0.5, 0.6) is 0 Å². The van der Waals surface area contributed by atoms with E-state index >= 15 is 0 Å². The van der Waals surface area contributed by atoms with Crippen LogP contribution in [0.1, 0.15) is 58.4 Å². The molecule has 1 fully saturated rings. The second-order valence-corrected chi connectivity index (χ2v) is 9.00. The minimum atomic E-state index is -1.45. The van der Waals surface area contributed by atoms with E-state index in [9.17, 15) is 29.1 Å². The number of carboxylic acid groups (broad SMARTS) is 1. The van der Waals surface area contributed by atoms with E-state index in [-0.39, 0.29) is 18.8 Å². The zero-order valence-corrected chi connectivity index (χ0v) is 20.4. The van der Waals surface area contributed by atoms with Crippen molar-refractivity contribution in [3.05, 3.63) is 35.9 Å². The molecule has 1 heterocycles. The van der Waals surface area contributed by atoms with Gasteiger partial charge >= 0.3 is 11.9 Å². The van der Waals surface area contributed by atoms with E-state index in [1.807, 2.05) is 44.2 Å². The highest BCUT2D eigenvalue weighted by Crippen LogP contribution is 2.20. The summed E-state index contributed by atoms with van der Waals surface area (Å²) < 4.78 is 5.59. The van der Waals surface area contributed by atoms with E-state index in [0.29, 0.717) is 6.42 Å². The molecular formula is C25H35N3O7. The van der Waals surface area contributed by atoms with Crippen LogP contribution in [-0.4, -0.2) is 59.0 Å². The average Bonchev–Trinajstić information content (AvgIpc) is 2.81. The van der Waals surface area contributed by atoms with Gasteiger partial charge in [0.1, 0.15) is 24.2 Å². The lowest BCUT2D eigenvalue weighted by atomic mass is 9.95. The number of carboxylic acids is 1. The predicted molar refractivity (Wildman–Crippen MR) is 127 cm³/mol. The normalized spacial score (nSPS) is 25.0. The van der Waals surface area contributed by atoms with E-state index in [4.69, 9.17) is 4.74 Å². The Balaban J connectivity index is 2.36. The highest BCUT2D eigenvalue weighted by molar-refractivity contribution is 5.94. The van der Waals surface area contributed by atoms with Gasteiger partial charge in [-0.15, -0.1) is 0 Å². The first kappa shape index (κ1) is 27.8. The van der Waals surface area contributed by atoms with Crippen molar-refractivity contribution in [3.63, 3.8) is 0 Å². The zero-order valence-electron chi connectivity index (χ0n) is 20.4. The van der Waals surface area contributed by atoms with E-state index in [1.165, 1.54) is 6.92 Å². The van der Waals surface area contributed by atoms with Crippen LogP contribution in [0, 0.1) is 5.92 Å². The van der Waals surface area contributed by atoms with Crippen molar-refractivity contribution in [2.75, 3.05) is 0 Å². The highest BCUT2D eigenvalue weighted by atomic mass is 16.5. The number of amides is 3. The largest absolute Gasteiger partial charge is 0.481 e. The summed E-state index contributed by atoms with van der Waals surface area (Å²) >= 11 is 0. The number of unbranched alkanes of at least 4 members (excludes halogenated alkanes) is 1. The molecule has 0 spiro atoms. The lowest BCUT2D eigenvalue weighted by Gasteiger charge is -2.26. The Bertz CT molecular complexity index is 906. The van der Waals surface area contributed by atoms with Crippen LogP contribution in [0.4, 0.5) is 0 Å². The Labute approximate surface area is 205 Å². The molecule has 0 bridgehead atoms. The van der Waals surface area contributed by atoms with Gasteiger partial charge in [0, 0.05) is 6.42 Å². The molecule has 10 nitrogen and oxygen atoms in total. The number of esters is 1. The van der Waals surface area contributed by atoms with Crippen molar-refractivity contribution < 1.29 is 33.8 Å². The van der Waals surface area contributed by atoms with Gasteiger partial charge in [0.25, 0.3) is 0 Å². The Morgan fingerprint density at radius 1 is 1.06 bits per heavy atom. The minimum Gasteiger partial charge on any atom is -0.481 e. The van der Waals surface area contributed by atoms with Crippen LogP contribution in [0.3, 0.4) is 0 Å². The first-order valence-electron chi connectivity index (χ1n) is 12.0. The van der Waals surface area contributed by atoms with Crippen molar-refractivity contribution in [3.8, 4) is 0 Å². The van der Waals surface area contributed by atoms with Gasteiger partial charge in [-0.25, -0.2) is 4.79 Å². The van der Waals surface area contributed by atoms with Crippen LogP contribution >= 0.6 is 0 Å². The van der Waals surface area contributed by atoms with Crippen LogP contribution < -0.4 is 16.0 Å². The monoisotopic (exact) mass is 489 g/mol. The summed E-state index contributed by atoms with van der Waals surface area (Å²) in [6, 6.07) is 5.62. The van der Waals surface area contributed by atoms with Crippen LogP contribution in [0.25, 0.3) is 0 Å². The summed E-state index contributed by atoms with van der Waals surface area (Å²) in [6.45, 7) is 5.27. The van der Waals surface area contributed by atoms with Crippen molar-refractivity contribution in [2.24, 2.45) is 5.92 Å². The van der Waals surface area contributed by atoms with Crippen molar-refractivity contribution >= 4 is 29.7 Å². The summed E-state index contributed by atoms with van der Waals surface area (Å²) in [4.78, 5) is 62.8. The van der Waals surface area contributed by atoms with E-state index < -0.39 is 60.3 Å². The maximum absolute atomic E-state index is 13.0. The molecule has 5 atom stereocenters. The number of carbonyl (C=O) groups is 5. The van der Waals surface area contributed by atoms with E-state index in [2.05, 4.69) is 16.0 Å². The number of rotatable bonds is 8. The van der Waals surface area contributed by atoms with Crippen LogP contribution in [-0.2, 0) is 35.1 Å². The molecule has 3 amide bonds. The molecule has 4 N–H and O–H groups in total. The molecule has 1 aliphatic heterocycles. The first-order chi connectivity index (χ1) is 16.6. The van der Waals surface area contributed by atoms with Gasteiger partial charge in [0.15, 0.2) is 0 Å². The molecule has 10 heteroatoms. The summed E-state index contributed by atoms with van der Waals surface area (Å²) in [7, 11) is 0. The van der Waals surface area contributed by atoms with Gasteiger partial charge in [0.2, 0.25) is 17.7 Å². The molecule has 0 saturated carbocycles. The Morgan fingerprint density at radius 2 is 1.74 bits per heavy atom. The first-order valence-corrected chi connectivity index (χ1v) is 12.0. The average molecular weight is 490 g/mol. The maximum Gasteiger partial charge on any atom is 0.329 e. The molecular weight excluding hydrogens is 454 g/mol. The second kappa shape index (κ2) is 13.5. The Morgan fingerprint density at radius 3 is 2.37 bits per heavy atom. The second-order valence-electron chi connectivity index (χ2n) is 9.00. The number of carbonyl (C=O) groups excluding carboxylic acids is 4. The highest BCUT2D eigenvalue weighted by Gasteiger charge is 2.34. The van der Waals surface area contributed by atoms with Gasteiger partial charge in [0.05, 0.1) is 12.8 Å². The number of benzene rings is 1. The van der Waals surface area contributed by atoms with Crippen molar-refractivity contribution in [2.45, 2.75) is 83.5 Å². The van der Waals surface area contributed by atoms with Gasteiger partial charge < -0.3 is 25.8 Å². The Kier molecular flexibility index (Phi) is 10.7. The predicted octanol–water partition coefficient (Wildman–Crippen LogP) is 1.32. The van der Waals surface area contributed by atoms with Crippen LogP contribution in [0.15, 0.2) is 30.3 Å². The van der Waals surface area contributed by atoms with Crippen molar-refractivity contribution in [1.82, 2.24) is 16.0 Å². The fourth-order valence-corrected chi connectivity index (χ4v) is 3.84. The standard InChI is InChI=1S/C25H35N3O7/c1-4-5-9-15(2)20-14-21(29)27-18(12-17-10-7-6-8-11-17)24(33)26-16(3)23(32)28-19(13-22(30)31)25(34)35-20/h6-8,10-11,15-16,18-20H,4-5,9,12-14H2,1-3H3,(H,26,33)(H,27,29)(H,28,32)(H,30,31)/t15-,16-,18-,19-,20-/m0/s1. The third-order valence-electron chi connectivity index (χ3n) is 5.97. The lowest BCUT2D eigenvalue weighted by molar-refractivity contribution is -0.159. The third-order valence-corrected chi connectivity index (χ3v) is 5.97. The molecule has 0 aliphatic carbocycles. The number of nitrogens with one attached hydrogen (secondary N) is 3. The SMILES string of the molecule is CCCC[C@H](C)[C@@H]1CC(=O)N[C@@H](Cc2ccccc2)C(=O)N[C@@H](C)C(=O)N[C@@H](CC(=O)O)C(=O)O1. The molecule has 192 valence electrons. The molecule has 0 unspecified atom stereocenters. The molecule has 2 rings (SSSR count). The van der Waals surface area contributed by atoms with E-state index in [1.54, 1.807) is 0 Å². The lowest BCUT2D eigenvalue weighted by Crippen LogP contribution is -2.55. The fourth-order valence-electron chi connectivity index (χ4n) is 3.84. The topological polar surface area (TPSA) is 151 Å². The molecule has 1 aromatic carbocycles. The van der Waals surface area contributed by atoms with Gasteiger partial charge in [-0.05, 0) is 24.8 Å². The fraction of sp³-hybridized carbons (Fsp3) is 0.560. The van der Waals surface area contributed by atoms with Crippen LogP contribution in [0.2, 0.25) is 0 Å². The third kappa shape index (κ3) is 9.03. The molecule has 1 aromatic rings. The quantitative estimate of drug-likeness (QED) is 0.402. The molecule has 0 aromatic heterocycles. The summed E-state index contributed by atoms with van der Waals surface area (Å²) in [5, 5.41) is 16.9. The number of hydrogen-bond donors (Lipinski definition) is 4. The summed E-state index contributed by atoms with van der Waals surface area (Å²) in [5.74, 6) is -4.22. The number of hydrogen-bond acceptors (Lipinski definition) is 6. The zero-order chi connectivity index (χ0) is 26.0.